The van der Waals surface area contributed by atoms with Crippen molar-refractivity contribution < 1.29 is 9.53 Å². The van der Waals surface area contributed by atoms with Crippen LogP contribution in [-0.2, 0) is 9.53 Å². The number of rotatable bonds is 3. The number of ether oxygens (including phenoxy) is 1. The van der Waals surface area contributed by atoms with Gasteiger partial charge in [0.2, 0.25) is 0 Å². The van der Waals surface area contributed by atoms with Crippen molar-refractivity contribution in [2.45, 2.75) is 12.8 Å². The molecule has 0 spiro atoms. The van der Waals surface area contributed by atoms with E-state index in [2.05, 4.69) is 10.2 Å². The number of Topliss-reactive ketones (excluding diaryl/α,β-unsaturated/α-hetero) is 1. The first kappa shape index (κ1) is 11.0. The summed E-state index contributed by atoms with van der Waals surface area (Å²) in [5.41, 5.74) is 0. The molecule has 0 aromatic carbocycles. The predicted molar refractivity (Wildman–Crippen MR) is 57.9 cm³/mol. The molecule has 1 N–H and O–H groups in total. The minimum atomic E-state index is 0.300. The zero-order valence-electron chi connectivity index (χ0n) is 9.21. The molecule has 2 aliphatic rings. The van der Waals surface area contributed by atoms with Gasteiger partial charge in [-0.15, -0.1) is 0 Å². The number of hydrogen-bond acceptors (Lipinski definition) is 4. The van der Waals surface area contributed by atoms with Gasteiger partial charge in [-0.2, -0.15) is 0 Å². The standard InChI is InChI=1S/C11H20N2O2/c14-11(10-1-3-12-4-2-10)9-13-5-7-15-8-6-13/h10,12H,1-9H2. The molecule has 2 saturated heterocycles. The van der Waals surface area contributed by atoms with Gasteiger partial charge in [0.25, 0.3) is 0 Å². The fraction of sp³-hybridized carbons (Fsp3) is 0.909. The van der Waals surface area contributed by atoms with Crippen LogP contribution in [0.2, 0.25) is 0 Å². The number of morpholine rings is 1. The number of nitrogens with zero attached hydrogens (tertiary/aromatic N) is 1. The van der Waals surface area contributed by atoms with E-state index < -0.39 is 0 Å². The lowest BCUT2D eigenvalue weighted by atomic mass is 9.93. The minimum absolute atomic E-state index is 0.300. The summed E-state index contributed by atoms with van der Waals surface area (Å²) in [6, 6.07) is 0. The third kappa shape index (κ3) is 3.26. The first-order valence-electron chi connectivity index (χ1n) is 5.90. The van der Waals surface area contributed by atoms with E-state index in [-0.39, 0.29) is 0 Å². The van der Waals surface area contributed by atoms with Gasteiger partial charge in [0.15, 0.2) is 0 Å². The Hall–Kier alpha value is -0.450. The second kappa shape index (κ2) is 5.58. The van der Waals surface area contributed by atoms with Gasteiger partial charge in [-0.1, -0.05) is 0 Å². The van der Waals surface area contributed by atoms with Crippen LogP contribution in [0.1, 0.15) is 12.8 Å². The summed E-state index contributed by atoms with van der Waals surface area (Å²) in [5, 5.41) is 3.29. The molecule has 0 aliphatic carbocycles. The Labute approximate surface area is 91.0 Å². The van der Waals surface area contributed by atoms with Gasteiger partial charge in [0, 0.05) is 19.0 Å². The summed E-state index contributed by atoms with van der Waals surface area (Å²) in [4.78, 5) is 14.2. The third-order valence-electron chi connectivity index (χ3n) is 3.28. The van der Waals surface area contributed by atoms with Crippen LogP contribution < -0.4 is 5.32 Å². The molecule has 4 heteroatoms. The van der Waals surface area contributed by atoms with E-state index >= 15 is 0 Å². The van der Waals surface area contributed by atoms with E-state index in [0.717, 1.165) is 52.2 Å². The van der Waals surface area contributed by atoms with Crippen LogP contribution in [0.25, 0.3) is 0 Å². The zero-order chi connectivity index (χ0) is 10.5. The number of carbonyl (C=O) groups is 1. The second-order valence-electron chi connectivity index (χ2n) is 4.38. The summed E-state index contributed by atoms with van der Waals surface area (Å²) in [6.07, 6.45) is 2.03. The summed E-state index contributed by atoms with van der Waals surface area (Å²) in [6.45, 7) is 6.01. The Kier molecular flexibility index (Phi) is 4.11. The van der Waals surface area contributed by atoms with Crippen molar-refractivity contribution in [3.05, 3.63) is 0 Å². The average molecular weight is 212 g/mol. The van der Waals surface area contributed by atoms with Crippen LogP contribution in [0.15, 0.2) is 0 Å². The molecule has 2 fully saturated rings. The molecule has 4 nitrogen and oxygen atoms in total. The first-order chi connectivity index (χ1) is 7.36. The van der Waals surface area contributed by atoms with E-state index in [9.17, 15) is 4.79 Å². The van der Waals surface area contributed by atoms with E-state index in [1.807, 2.05) is 0 Å². The molecule has 0 aromatic rings. The molecule has 0 unspecified atom stereocenters. The molecule has 0 saturated carbocycles. The number of carbonyl (C=O) groups excluding carboxylic acids is 1. The van der Waals surface area contributed by atoms with Gasteiger partial charge in [-0.3, -0.25) is 9.69 Å². The highest BCUT2D eigenvalue weighted by atomic mass is 16.5. The van der Waals surface area contributed by atoms with Crippen molar-refractivity contribution in [1.82, 2.24) is 10.2 Å². The quantitative estimate of drug-likeness (QED) is 0.708. The maximum Gasteiger partial charge on any atom is 0.149 e. The lowest BCUT2D eigenvalue weighted by Crippen LogP contribution is -2.42. The van der Waals surface area contributed by atoms with Gasteiger partial charge < -0.3 is 10.1 Å². The van der Waals surface area contributed by atoms with Gasteiger partial charge in [-0.25, -0.2) is 0 Å². The van der Waals surface area contributed by atoms with E-state index in [1.54, 1.807) is 0 Å². The van der Waals surface area contributed by atoms with E-state index in [1.165, 1.54) is 0 Å². The third-order valence-corrected chi connectivity index (χ3v) is 3.28. The maximum absolute atomic E-state index is 12.0. The predicted octanol–water partition coefficient (Wildman–Crippen LogP) is -0.113. The molecular formula is C11H20N2O2. The second-order valence-corrected chi connectivity index (χ2v) is 4.38. The summed E-state index contributed by atoms with van der Waals surface area (Å²) in [7, 11) is 0. The van der Waals surface area contributed by atoms with Gasteiger partial charge in [0.05, 0.1) is 19.8 Å². The summed E-state index contributed by atoms with van der Waals surface area (Å²) in [5.74, 6) is 0.729. The Bertz CT molecular complexity index is 209. The molecular weight excluding hydrogens is 192 g/mol. The highest BCUT2D eigenvalue weighted by Crippen LogP contribution is 2.13. The number of nitrogens with one attached hydrogen (secondary N) is 1. The summed E-state index contributed by atoms with van der Waals surface area (Å²) < 4.78 is 5.26. The SMILES string of the molecule is O=C(CN1CCOCC1)C1CCNCC1. The lowest BCUT2D eigenvalue weighted by molar-refractivity contribution is -0.125. The summed E-state index contributed by atoms with van der Waals surface area (Å²) >= 11 is 0. The van der Waals surface area contributed by atoms with Crippen molar-refractivity contribution in [2.75, 3.05) is 45.9 Å². The molecule has 0 radical (unpaired) electrons. The topological polar surface area (TPSA) is 41.6 Å². The highest BCUT2D eigenvalue weighted by Gasteiger charge is 2.23. The van der Waals surface area contributed by atoms with Gasteiger partial charge >= 0.3 is 0 Å². The fourth-order valence-corrected chi connectivity index (χ4v) is 2.25. The van der Waals surface area contributed by atoms with E-state index in [0.29, 0.717) is 18.2 Å². The Morgan fingerprint density at radius 1 is 1.27 bits per heavy atom. The molecule has 0 atom stereocenters. The number of piperidine rings is 1. The molecule has 2 rings (SSSR count). The smallest absolute Gasteiger partial charge is 0.149 e. The molecule has 0 aromatic heterocycles. The average Bonchev–Trinajstić information content (AvgIpc) is 2.31. The Balaban J connectivity index is 1.74. The Morgan fingerprint density at radius 2 is 1.93 bits per heavy atom. The van der Waals surface area contributed by atoms with Crippen LogP contribution in [0.4, 0.5) is 0 Å². The van der Waals surface area contributed by atoms with Crippen LogP contribution in [0.5, 0.6) is 0 Å². The van der Waals surface area contributed by atoms with Gasteiger partial charge in [-0.05, 0) is 25.9 Å². The molecule has 86 valence electrons. The first-order valence-corrected chi connectivity index (χ1v) is 5.90. The monoisotopic (exact) mass is 212 g/mol. The fourth-order valence-electron chi connectivity index (χ4n) is 2.25. The molecule has 2 aliphatic heterocycles. The van der Waals surface area contributed by atoms with Crippen molar-refractivity contribution >= 4 is 5.78 Å². The van der Waals surface area contributed by atoms with E-state index in [4.69, 9.17) is 4.74 Å². The van der Waals surface area contributed by atoms with Crippen molar-refractivity contribution in [3.63, 3.8) is 0 Å². The van der Waals surface area contributed by atoms with Crippen LogP contribution in [0, 0.1) is 5.92 Å². The van der Waals surface area contributed by atoms with Crippen LogP contribution >= 0.6 is 0 Å². The molecule has 15 heavy (non-hydrogen) atoms. The van der Waals surface area contributed by atoms with Gasteiger partial charge in [0.1, 0.15) is 5.78 Å². The van der Waals surface area contributed by atoms with Crippen molar-refractivity contribution in [3.8, 4) is 0 Å². The van der Waals surface area contributed by atoms with Crippen molar-refractivity contribution in [2.24, 2.45) is 5.92 Å². The minimum Gasteiger partial charge on any atom is -0.379 e. The lowest BCUT2D eigenvalue weighted by Gasteiger charge is -2.28. The zero-order valence-corrected chi connectivity index (χ0v) is 9.21. The molecule has 0 bridgehead atoms. The highest BCUT2D eigenvalue weighted by molar-refractivity contribution is 5.83. The van der Waals surface area contributed by atoms with Crippen LogP contribution in [0.3, 0.4) is 0 Å². The largest absolute Gasteiger partial charge is 0.379 e. The molecule has 0 amide bonds. The van der Waals surface area contributed by atoms with Crippen molar-refractivity contribution in [1.29, 1.82) is 0 Å². The maximum atomic E-state index is 12.0. The Morgan fingerprint density at radius 3 is 2.60 bits per heavy atom. The number of hydrogen-bond donors (Lipinski definition) is 1. The molecule has 2 heterocycles. The van der Waals surface area contributed by atoms with Crippen LogP contribution in [-0.4, -0.2) is 56.6 Å². The number of ketones is 1. The normalized spacial score (nSPS) is 25.3.